The molecule has 3 atom stereocenters. The first-order valence-corrected chi connectivity index (χ1v) is 11.3. The zero-order valence-electron chi connectivity index (χ0n) is 19.0. The normalized spacial score (nSPS) is 16.9. The Kier molecular flexibility index (Phi) is 8.79. The summed E-state index contributed by atoms with van der Waals surface area (Å²) in [5.74, 6) is -4.27. The fourth-order valence-electron chi connectivity index (χ4n) is 3.97. The van der Waals surface area contributed by atoms with E-state index in [0.29, 0.717) is 6.42 Å². The number of fused-ring (bicyclic) bond motifs is 1. The van der Waals surface area contributed by atoms with Gasteiger partial charge in [-0.25, -0.2) is 4.79 Å². The van der Waals surface area contributed by atoms with Crippen molar-refractivity contribution in [2.24, 2.45) is 0 Å². The van der Waals surface area contributed by atoms with Crippen LogP contribution in [0.1, 0.15) is 31.2 Å². The molecule has 7 N–H and O–H groups in total. The number of carboxylic acids is 2. The van der Waals surface area contributed by atoms with Crippen LogP contribution in [0.2, 0.25) is 0 Å². The molecule has 3 amide bonds. The fourth-order valence-corrected chi connectivity index (χ4v) is 3.97. The number of hydrogen-bond donors (Lipinski definition) is 7. The third-order valence-corrected chi connectivity index (χ3v) is 5.81. The summed E-state index contributed by atoms with van der Waals surface area (Å²) in [7, 11) is 0. The molecule has 1 saturated heterocycles. The van der Waals surface area contributed by atoms with Gasteiger partial charge in [-0.1, -0.05) is 18.2 Å². The van der Waals surface area contributed by atoms with Crippen molar-refractivity contribution in [1.29, 1.82) is 0 Å². The molecule has 2 aromatic rings. The minimum atomic E-state index is -1.44. The number of aromatic nitrogens is 1. The van der Waals surface area contributed by atoms with E-state index in [1.807, 2.05) is 24.3 Å². The zero-order valence-corrected chi connectivity index (χ0v) is 19.0. The van der Waals surface area contributed by atoms with Gasteiger partial charge in [0, 0.05) is 29.9 Å². The molecule has 0 aliphatic carbocycles. The average molecular weight is 488 g/mol. The largest absolute Gasteiger partial charge is 0.481 e. The summed E-state index contributed by atoms with van der Waals surface area (Å²) in [5.41, 5.74) is 1.55. The van der Waals surface area contributed by atoms with Gasteiger partial charge < -0.3 is 36.5 Å². The Balaban J connectivity index is 1.70. The van der Waals surface area contributed by atoms with E-state index < -0.39 is 42.3 Å². The second-order valence-electron chi connectivity index (χ2n) is 8.38. The van der Waals surface area contributed by atoms with Crippen LogP contribution in [0.5, 0.6) is 0 Å². The number of carboxylic acid groups (broad SMARTS) is 2. The molecule has 0 saturated carbocycles. The number of rotatable bonds is 12. The molecule has 3 unspecified atom stereocenters. The van der Waals surface area contributed by atoms with Gasteiger partial charge in [-0.15, -0.1) is 0 Å². The lowest BCUT2D eigenvalue weighted by atomic mass is 10.0. The predicted molar refractivity (Wildman–Crippen MR) is 124 cm³/mol. The number of aliphatic carboxylic acids is 2. The Labute approximate surface area is 200 Å². The molecule has 1 aliphatic rings. The molecule has 35 heavy (non-hydrogen) atoms. The maximum absolute atomic E-state index is 13.0. The standard InChI is InChI=1S/C23H29N5O7/c29-19(12-26-21(32)16-6-3-9-24-16)27-18(10-13-11-25-15-5-2-1-4-14(13)15)22(33)28-17(23(34)35)7-8-20(30)31/h1-2,4-5,11,16-18,24-25H,3,6-10,12H2,(H,26,32)(H,27,29)(H,28,33)(H,30,31)(H,34,35). The number of carbonyl (C=O) groups is 5. The van der Waals surface area contributed by atoms with Gasteiger partial charge in [-0.3, -0.25) is 19.2 Å². The third-order valence-electron chi connectivity index (χ3n) is 5.81. The summed E-state index contributed by atoms with van der Waals surface area (Å²) in [6, 6.07) is 4.41. The molecule has 1 aromatic heterocycles. The highest BCUT2D eigenvalue weighted by atomic mass is 16.4. The van der Waals surface area contributed by atoms with Crippen LogP contribution in [0.4, 0.5) is 0 Å². The van der Waals surface area contributed by atoms with Crippen molar-refractivity contribution < 1.29 is 34.2 Å². The first kappa shape index (κ1) is 25.7. The highest BCUT2D eigenvalue weighted by molar-refractivity contribution is 5.93. The molecule has 1 fully saturated rings. The van der Waals surface area contributed by atoms with E-state index >= 15 is 0 Å². The predicted octanol–water partition coefficient (Wildman–Crippen LogP) is -0.502. The van der Waals surface area contributed by atoms with Gasteiger partial charge in [-0.05, 0) is 37.4 Å². The average Bonchev–Trinajstić information content (AvgIpc) is 3.50. The van der Waals surface area contributed by atoms with E-state index in [2.05, 4.69) is 26.3 Å². The Morgan fingerprint density at radius 2 is 1.83 bits per heavy atom. The molecule has 12 heteroatoms. The number of aromatic amines is 1. The SMILES string of the molecule is O=C(O)CCC(NC(=O)C(Cc1c[nH]c2ccccc12)NC(=O)CNC(=O)C1CCCN1)C(=O)O. The smallest absolute Gasteiger partial charge is 0.326 e. The summed E-state index contributed by atoms with van der Waals surface area (Å²) in [4.78, 5) is 63.2. The summed E-state index contributed by atoms with van der Waals surface area (Å²) in [5, 5.41) is 29.5. The van der Waals surface area contributed by atoms with E-state index in [9.17, 15) is 29.1 Å². The van der Waals surface area contributed by atoms with Gasteiger partial charge in [0.05, 0.1) is 12.6 Å². The Hall–Kier alpha value is -3.93. The van der Waals surface area contributed by atoms with E-state index in [-0.39, 0.29) is 31.3 Å². The number of hydrogen-bond acceptors (Lipinski definition) is 6. The molecule has 0 spiro atoms. The molecular weight excluding hydrogens is 458 g/mol. The van der Waals surface area contributed by atoms with Gasteiger partial charge in [0.2, 0.25) is 17.7 Å². The molecule has 1 aliphatic heterocycles. The van der Waals surface area contributed by atoms with E-state index in [1.165, 1.54) is 0 Å². The first-order chi connectivity index (χ1) is 16.7. The Morgan fingerprint density at radius 3 is 2.51 bits per heavy atom. The molecule has 3 rings (SSSR count). The van der Waals surface area contributed by atoms with E-state index in [0.717, 1.165) is 29.4 Å². The number of carbonyl (C=O) groups excluding carboxylic acids is 3. The van der Waals surface area contributed by atoms with Gasteiger partial charge in [0.25, 0.3) is 0 Å². The Morgan fingerprint density at radius 1 is 1.06 bits per heavy atom. The summed E-state index contributed by atoms with van der Waals surface area (Å²) in [6.07, 6.45) is 2.52. The molecule has 0 radical (unpaired) electrons. The molecule has 188 valence electrons. The van der Waals surface area contributed by atoms with Crippen LogP contribution in [-0.4, -0.2) is 76.1 Å². The van der Waals surface area contributed by atoms with Crippen molar-refractivity contribution in [3.8, 4) is 0 Å². The second kappa shape index (κ2) is 12.0. The minimum absolute atomic E-state index is 0.0466. The van der Waals surface area contributed by atoms with Gasteiger partial charge >= 0.3 is 11.9 Å². The summed E-state index contributed by atoms with van der Waals surface area (Å²) in [6.45, 7) is 0.375. The highest BCUT2D eigenvalue weighted by Crippen LogP contribution is 2.19. The van der Waals surface area contributed by atoms with Crippen LogP contribution in [0.25, 0.3) is 10.9 Å². The molecule has 0 bridgehead atoms. The molecule has 2 heterocycles. The maximum Gasteiger partial charge on any atom is 0.326 e. The maximum atomic E-state index is 13.0. The van der Waals surface area contributed by atoms with Crippen LogP contribution < -0.4 is 21.3 Å². The third kappa shape index (κ3) is 7.27. The van der Waals surface area contributed by atoms with E-state index in [1.54, 1.807) is 6.20 Å². The lowest BCUT2D eigenvalue weighted by Crippen LogP contribution is -2.54. The van der Waals surface area contributed by atoms with Crippen molar-refractivity contribution in [2.75, 3.05) is 13.1 Å². The van der Waals surface area contributed by atoms with Crippen LogP contribution in [0, 0.1) is 0 Å². The number of benzene rings is 1. The van der Waals surface area contributed by atoms with Crippen molar-refractivity contribution >= 4 is 40.6 Å². The fraction of sp³-hybridized carbons (Fsp3) is 0.435. The lowest BCUT2D eigenvalue weighted by molar-refractivity contribution is -0.143. The van der Waals surface area contributed by atoms with Crippen molar-refractivity contribution in [2.45, 2.75) is 50.2 Å². The molecule has 12 nitrogen and oxygen atoms in total. The zero-order chi connectivity index (χ0) is 25.4. The van der Waals surface area contributed by atoms with Crippen molar-refractivity contribution in [3.05, 3.63) is 36.0 Å². The topological polar surface area (TPSA) is 190 Å². The van der Waals surface area contributed by atoms with Crippen molar-refractivity contribution in [3.63, 3.8) is 0 Å². The summed E-state index contributed by atoms with van der Waals surface area (Å²) >= 11 is 0. The first-order valence-electron chi connectivity index (χ1n) is 11.3. The number of H-pyrrole nitrogens is 1. The quantitative estimate of drug-likeness (QED) is 0.208. The van der Waals surface area contributed by atoms with E-state index in [4.69, 9.17) is 5.11 Å². The van der Waals surface area contributed by atoms with Crippen molar-refractivity contribution in [1.82, 2.24) is 26.3 Å². The number of amides is 3. The monoisotopic (exact) mass is 487 g/mol. The minimum Gasteiger partial charge on any atom is -0.481 e. The number of nitrogens with one attached hydrogen (secondary N) is 5. The van der Waals surface area contributed by atoms with Gasteiger partial charge in [-0.2, -0.15) is 0 Å². The van der Waals surface area contributed by atoms with Gasteiger partial charge in [0.1, 0.15) is 12.1 Å². The summed E-state index contributed by atoms with van der Waals surface area (Å²) < 4.78 is 0. The molecule has 1 aromatic carbocycles. The Bertz CT molecular complexity index is 1090. The van der Waals surface area contributed by atoms with Crippen LogP contribution in [-0.2, 0) is 30.4 Å². The number of para-hydroxylation sites is 1. The van der Waals surface area contributed by atoms with Crippen LogP contribution in [0.3, 0.4) is 0 Å². The second-order valence-corrected chi connectivity index (χ2v) is 8.38. The van der Waals surface area contributed by atoms with Gasteiger partial charge in [0.15, 0.2) is 0 Å². The molecular formula is C23H29N5O7. The lowest BCUT2D eigenvalue weighted by Gasteiger charge is -2.21. The van der Waals surface area contributed by atoms with Crippen LogP contribution >= 0.6 is 0 Å². The van der Waals surface area contributed by atoms with Crippen LogP contribution in [0.15, 0.2) is 30.5 Å². The highest BCUT2D eigenvalue weighted by Gasteiger charge is 2.28.